The van der Waals surface area contributed by atoms with Crippen molar-refractivity contribution in [2.45, 2.75) is 33.5 Å². The summed E-state index contributed by atoms with van der Waals surface area (Å²) in [5, 5.41) is 0. The van der Waals surface area contributed by atoms with Crippen molar-refractivity contribution in [3.05, 3.63) is 23.8 Å². The van der Waals surface area contributed by atoms with Crippen LogP contribution in [0.4, 0.5) is 8.78 Å². The molecule has 84 valence electrons. The van der Waals surface area contributed by atoms with Gasteiger partial charge in [0.25, 0.3) is 0 Å². The van der Waals surface area contributed by atoms with E-state index in [1.54, 1.807) is 19.1 Å². The minimum Gasteiger partial charge on any atom is -0.487 e. The maximum absolute atomic E-state index is 12.1. The van der Waals surface area contributed by atoms with Crippen LogP contribution in [0.15, 0.2) is 18.2 Å². The summed E-state index contributed by atoms with van der Waals surface area (Å²) in [5.41, 5.74) is 0.849. The molecule has 2 nitrogen and oxygen atoms in total. The first kappa shape index (κ1) is 11.8. The quantitative estimate of drug-likeness (QED) is 0.768. The summed E-state index contributed by atoms with van der Waals surface area (Å²) in [4.78, 5) is 0. The second-order valence-corrected chi connectivity index (χ2v) is 3.50. The fourth-order valence-electron chi connectivity index (χ4n) is 1.15. The topological polar surface area (TPSA) is 18.5 Å². The molecule has 1 rings (SSSR count). The van der Waals surface area contributed by atoms with E-state index in [-0.39, 0.29) is 11.9 Å². The van der Waals surface area contributed by atoms with Gasteiger partial charge in [-0.15, -0.1) is 0 Å². The van der Waals surface area contributed by atoms with Crippen LogP contribution in [-0.4, -0.2) is 12.7 Å². The largest absolute Gasteiger partial charge is 0.487 e. The van der Waals surface area contributed by atoms with Gasteiger partial charge in [0.15, 0.2) is 11.5 Å². The molecule has 1 aromatic rings. The first-order valence-corrected chi connectivity index (χ1v) is 4.71. The molecule has 0 radical (unpaired) electrons. The molecule has 0 atom stereocenters. The van der Waals surface area contributed by atoms with Crippen molar-refractivity contribution < 1.29 is 18.3 Å². The van der Waals surface area contributed by atoms with E-state index in [9.17, 15) is 8.78 Å². The highest BCUT2D eigenvalue weighted by atomic mass is 19.3. The molecule has 0 N–H and O–H groups in total. The van der Waals surface area contributed by atoms with E-state index >= 15 is 0 Å². The molecule has 4 heteroatoms. The standard InChI is InChI=1S/C11H14F2O2/c1-7(2)14-9-5-4-8(3)6-10(9)15-11(12)13/h4-7,11H,1-3H3. The molecule has 0 unspecified atom stereocenters. The van der Waals surface area contributed by atoms with Crippen LogP contribution < -0.4 is 9.47 Å². The average molecular weight is 216 g/mol. The Bertz CT molecular complexity index is 324. The molecule has 0 aliphatic heterocycles. The summed E-state index contributed by atoms with van der Waals surface area (Å²) in [6.45, 7) is 2.62. The first-order valence-electron chi connectivity index (χ1n) is 4.71. The van der Waals surface area contributed by atoms with Crippen molar-refractivity contribution >= 4 is 0 Å². The lowest BCUT2D eigenvalue weighted by molar-refractivity contribution is -0.0519. The molecular formula is C11H14F2O2. The van der Waals surface area contributed by atoms with Crippen molar-refractivity contribution in [1.82, 2.24) is 0 Å². The van der Waals surface area contributed by atoms with E-state index in [2.05, 4.69) is 4.74 Å². The minimum atomic E-state index is -2.83. The lowest BCUT2D eigenvalue weighted by Gasteiger charge is -2.14. The number of aryl methyl sites for hydroxylation is 1. The molecule has 0 heterocycles. The van der Waals surface area contributed by atoms with Crippen LogP contribution >= 0.6 is 0 Å². The number of hydrogen-bond donors (Lipinski definition) is 0. The Morgan fingerprint density at radius 3 is 2.27 bits per heavy atom. The zero-order valence-corrected chi connectivity index (χ0v) is 8.96. The Balaban J connectivity index is 2.92. The fourth-order valence-corrected chi connectivity index (χ4v) is 1.15. The van der Waals surface area contributed by atoms with E-state index in [1.807, 2.05) is 13.8 Å². The van der Waals surface area contributed by atoms with E-state index < -0.39 is 6.61 Å². The van der Waals surface area contributed by atoms with Crippen molar-refractivity contribution in [3.8, 4) is 11.5 Å². The van der Waals surface area contributed by atoms with Crippen LogP contribution in [0.5, 0.6) is 11.5 Å². The molecule has 15 heavy (non-hydrogen) atoms. The van der Waals surface area contributed by atoms with Gasteiger partial charge in [-0.2, -0.15) is 8.78 Å². The summed E-state index contributed by atoms with van der Waals surface area (Å²) in [5.74, 6) is 0.426. The highest BCUT2D eigenvalue weighted by molar-refractivity contribution is 5.42. The molecule has 1 aromatic carbocycles. The molecule has 0 aliphatic rings. The average Bonchev–Trinajstić information content (AvgIpc) is 2.08. The van der Waals surface area contributed by atoms with Crippen LogP contribution in [0.1, 0.15) is 19.4 Å². The highest BCUT2D eigenvalue weighted by Crippen LogP contribution is 2.30. The number of rotatable bonds is 4. The van der Waals surface area contributed by atoms with E-state index in [0.717, 1.165) is 5.56 Å². The van der Waals surface area contributed by atoms with Gasteiger partial charge in [-0.1, -0.05) is 6.07 Å². The Morgan fingerprint density at radius 2 is 1.73 bits per heavy atom. The Hall–Kier alpha value is -1.32. The predicted octanol–water partition coefficient (Wildman–Crippen LogP) is 3.38. The van der Waals surface area contributed by atoms with Gasteiger partial charge < -0.3 is 9.47 Å². The molecule has 0 aliphatic carbocycles. The zero-order valence-electron chi connectivity index (χ0n) is 8.96. The first-order chi connectivity index (χ1) is 6.99. The maximum atomic E-state index is 12.1. The van der Waals surface area contributed by atoms with E-state index in [4.69, 9.17) is 4.74 Å². The zero-order chi connectivity index (χ0) is 11.4. The van der Waals surface area contributed by atoms with Crippen LogP contribution in [0.3, 0.4) is 0 Å². The van der Waals surface area contributed by atoms with Gasteiger partial charge in [0.05, 0.1) is 6.10 Å². The second kappa shape index (κ2) is 4.96. The summed E-state index contributed by atoms with van der Waals surface area (Å²) in [6.07, 6.45) is -0.0762. The molecule has 0 amide bonds. The van der Waals surface area contributed by atoms with Gasteiger partial charge in [0.1, 0.15) is 0 Å². The number of hydrogen-bond acceptors (Lipinski definition) is 2. The summed E-state index contributed by atoms with van der Waals surface area (Å²) < 4.78 is 33.9. The molecule has 0 spiro atoms. The van der Waals surface area contributed by atoms with Crippen LogP contribution in [0.2, 0.25) is 0 Å². The van der Waals surface area contributed by atoms with Gasteiger partial charge >= 0.3 is 6.61 Å². The monoisotopic (exact) mass is 216 g/mol. The van der Waals surface area contributed by atoms with Crippen molar-refractivity contribution in [3.63, 3.8) is 0 Å². The molecular weight excluding hydrogens is 202 g/mol. The molecule has 0 saturated carbocycles. The Labute approximate surface area is 87.8 Å². The molecule has 0 fully saturated rings. The minimum absolute atomic E-state index is 0.0762. The lowest BCUT2D eigenvalue weighted by Crippen LogP contribution is -2.09. The molecule has 0 bridgehead atoms. The number of halogens is 2. The van der Waals surface area contributed by atoms with Gasteiger partial charge in [0, 0.05) is 0 Å². The Morgan fingerprint density at radius 1 is 1.07 bits per heavy atom. The fraction of sp³-hybridized carbons (Fsp3) is 0.455. The highest BCUT2D eigenvalue weighted by Gasteiger charge is 2.11. The van der Waals surface area contributed by atoms with Crippen LogP contribution in [0.25, 0.3) is 0 Å². The SMILES string of the molecule is Cc1ccc(OC(C)C)c(OC(F)F)c1. The smallest absolute Gasteiger partial charge is 0.387 e. The van der Waals surface area contributed by atoms with Gasteiger partial charge in [0.2, 0.25) is 0 Å². The van der Waals surface area contributed by atoms with Crippen molar-refractivity contribution in [1.29, 1.82) is 0 Å². The maximum Gasteiger partial charge on any atom is 0.387 e. The van der Waals surface area contributed by atoms with Gasteiger partial charge in [-0.25, -0.2) is 0 Å². The number of alkyl halides is 2. The summed E-state index contributed by atoms with van der Waals surface area (Å²) >= 11 is 0. The second-order valence-electron chi connectivity index (χ2n) is 3.50. The van der Waals surface area contributed by atoms with Crippen molar-refractivity contribution in [2.75, 3.05) is 0 Å². The number of benzene rings is 1. The third-order valence-electron chi connectivity index (χ3n) is 1.68. The van der Waals surface area contributed by atoms with E-state index in [0.29, 0.717) is 5.75 Å². The molecule has 0 saturated heterocycles. The van der Waals surface area contributed by atoms with Gasteiger partial charge in [-0.05, 0) is 38.5 Å². The van der Waals surface area contributed by atoms with Gasteiger partial charge in [-0.3, -0.25) is 0 Å². The summed E-state index contributed by atoms with van der Waals surface area (Å²) in [7, 11) is 0. The summed E-state index contributed by atoms with van der Waals surface area (Å²) in [6, 6.07) is 4.95. The third kappa shape index (κ3) is 3.73. The van der Waals surface area contributed by atoms with Crippen LogP contribution in [-0.2, 0) is 0 Å². The normalized spacial score (nSPS) is 10.9. The van der Waals surface area contributed by atoms with Crippen molar-refractivity contribution in [2.24, 2.45) is 0 Å². The van der Waals surface area contributed by atoms with E-state index in [1.165, 1.54) is 6.07 Å². The third-order valence-corrected chi connectivity index (χ3v) is 1.68. The Kier molecular flexibility index (Phi) is 3.88. The lowest BCUT2D eigenvalue weighted by atomic mass is 10.2. The number of ether oxygens (including phenoxy) is 2. The molecule has 0 aromatic heterocycles. The predicted molar refractivity (Wildman–Crippen MR) is 53.6 cm³/mol. The van der Waals surface area contributed by atoms with Crippen LogP contribution in [0, 0.1) is 6.92 Å².